The van der Waals surface area contributed by atoms with Gasteiger partial charge in [0.25, 0.3) is 0 Å². The molecule has 0 saturated heterocycles. The average Bonchev–Trinajstić information content (AvgIpc) is 2.68. The van der Waals surface area contributed by atoms with E-state index in [1.54, 1.807) is 0 Å². The minimum Gasteiger partial charge on any atom is -0.465 e. The van der Waals surface area contributed by atoms with Gasteiger partial charge in [0.1, 0.15) is 12.2 Å². The molecule has 0 aromatic carbocycles. The van der Waals surface area contributed by atoms with E-state index < -0.39 is 11.0 Å². The van der Waals surface area contributed by atoms with Gasteiger partial charge in [-0.15, -0.1) is 0 Å². The Balaban J connectivity index is 1.71. The molecular weight excluding hydrogens is 380 g/mol. The first-order chi connectivity index (χ1) is 14.1. The second-order valence-electron chi connectivity index (χ2n) is 11.2. The van der Waals surface area contributed by atoms with Crippen LogP contribution in [0.1, 0.15) is 86.5 Å². The Bertz CT molecular complexity index is 607. The van der Waals surface area contributed by atoms with E-state index in [0.29, 0.717) is 31.5 Å². The maximum Gasteiger partial charge on any atom is 0.311 e. The Morgan fingerprint density at radius 3 is 2.00 bits per heavy atom. The second kappa shape index (κ2) is 8.80. The summed E-state index contributed by atoms with van der Waals surface area (Å²) in [5, 5.41) is 0. The fourth-order valence-corrected chi connectivity index (χ4v) is 6.57. The predicted octanol–water partition coefficient (Wildman–Crippen LogP) is 5.16. The first kappa shape index (κ1) is 23.6. The van der Waals surface area contributed by atoms with E-state index in [1.807, 2.05) is 27.7 Å². The van der Waals surface area contributed by atoms with Crippen molar-refractivity contribution in [2.24, 2.45) is 34.5 Å². The van der Waals surface area contributed by atoms with Crippen LogP contribution in [0.15, 0.2) is 0 Å². The zero-order valence-electron chi connectivity index (χ0n) is 19.9. The Kier molecular flexibility index (Phi) is 6.91. The standard InChI is InChI=1S/C25H42O5/c1-7-23(3,4)22(27)29-10-9-21(26)30-25(24(5,6)16-28-8-2)19-12-17-11-18(14-19)15-20(25)13-17/h17-20H,7-16H2,1-6H3. The quantitative estimate of drug-likeness (QED) is 0.455. The van der Waals surface area contributed by atoms with Gasteiger partial charge < -0.3 is 14.2 Å². The fraction of sp³-hybridized carbons (Fsp3) is 0.920. The van der Waals surface area contributed by atoms with E-state index in [1.165, 1.54) is 6.42 Å². The molecule has 0 heterocycles. The molecule has 0 atom stereocenters. The zero-order valence-corrected chi connectivity index (χ0v) is 19.9. The van der Waals surface area contributed by atoms with Gasteiger partial charge in [0.15, 0.2) is 0 Å². The molecule has 0 unspecified atom stereocenters. The van der Waals surface area contributed by atoms with Gasteiger partial charge in [-0.05, 0) is 71.1 Å². The summed E-state index contributed by atoms with van der Waals surface area (Å²) in [5.74, 6) is 1.91. The number of carbonyl (C=O) groups excluding carboxylic acids is 2. The average molecular weight is 423 g/mol. The highest BCUT2D eigenvalue weighted by Crippen LogP contribution is 2.64. The molecule has 30 heavy (non-hydrogen) atoms. The lowest BCUT2D eigenvalue weighted by Gasteiger charge is -2.65. The van der Waals surface area contributed by atoms with E-state index in [9.17, 15) is 9.59 Å². The molecule has 0 aliphatic heterocycles. The van der Waals surface area contributed by atoms with E-state index >= 15 is 0 Å². The molecule has 5 heteroatoms. The highest BCUT2D eigenvalue weighted by atomic mass is 16.6. The monoisotopic (exact) mass is 422 g/mol. The summed E-state index contributed by atoms with van der Waals surface area (Å²) >= 11 is 0. The molecule has 0 amide bonds. The van der Waals surface area contributed by atoms with Crippen molar-refractivity contribution in [1.82, 2.24) is 0 Å². The third-order valence-electron chi connectivity index (χ3n) is 8.33. The van der Waals surface area contributed by atoms with E-state index in [2.05, 4.69) is 13.8 Å². The number of rotatable bonds is 10. The topological polar surface area (TPSA) is 61.8 Å². The van der Waals surface area contributed by atoms with Crippen LogP contribution in [0.4, 0.5) is 0 Å². The SMILES string of the molecule is CCOCC(C)(C)C1(OC(=O)CCOC(=O)C(C)(C)CC)C2CC3CC(C2)CC1C3. The maximum absolute atomic E-state index is 13.0. The Labute approximate surface area is 182 Å². The summed E-state index contributed by atoms with van der Waals surface area (Å²) in [6.07, 6.45) is 6.82. The van der Waals surface area contributed by atoms with Crippen LogP contribution in [-0.4, -0.2) is 37.4 Å². The van der Waals surface area contributed by atoms with Gasteiger partial charge in [0, 0.05) is 23.9 Å². The molecule has 172 valence electrons. The summed E-state index contributed by atoms with van der Waals surface area (Å²) in [6, 6.07) is 0. The molecular formula is C25H42O5. The number of hydrogen-bond donors (Lipinski definition) is 0. The van der Waals surface area contributed by atoms with E-state index in [4.69, 9.17) is 14.2 Å². The largest absolute Gasteiger partial charge is 0.465 e. The van der Waals surface area contributed by atoms with Crippen LogP contribution < -0.4 is 0 Å². The van der Waals surface area contributed by atoms with Gasteiger partial charge in [0.2, 0.25) is 0 Å². The van der Waals surface area contributed by atoms with Crippen molar-refractivity contribution in [1.29, 1.82) is 0 Å². The van der Waals surface area contributed by atoms with Crippen LogP contribution in [0, 0.1) is 34.5 Å². The molecule has 4 aliphatic carbocycles. The summed E-state index contributed by atoms with van der Waals surface area (Å²) in [4.78, 5) is 25.2. The van der Waals surface area contributed by atoms with Gasteiger partial charge in [-0.25, -0.2) is 0 Å². The first-order valence-corrected chi connectivity index (χ1v) is 12.0. The smallest absolute Gasteiger partial charge is 0.311 e. The molecule has 4 aliphatic rings. The predicted molar refractivity (Wildman–Crippen MR) is 116 cm³/mol. The molecule has 4 bridgehead atoms. The highest BCUT2D eigenvalue weighted by molar-refractivity contribution is 5.76. The Hall–Kier alpha value is -1.10. The summed E-state index contributed by atoms with van der Waals surface area (Å²) in [7, 11) is 0. The molecule has 0 N–H and O–H groups in total. The minimum atomic E-state index is -0.522. The minimum absolute atomic E-state index is 0.0870. The van der Waals surface area contributed by atoms with Gasteiger partial charge in [-0.1, -0.05) is 20.8 Å². The van der Waals surface area contributed by atoms with Crippen molar-refractivity contribution < 1.29 is 23.8 Å². The van der Waals surface area contributed by atoms with Crippen molar-refractivity contribution in [3.8, 4) is 0 Å². The van der Waals surface area contributed by atoms with Gasteiger partial charge >= 0.3 is 11.9 Å². The van der Waals surface area contributed by atoms with Crippen LogP contribution in [-0.2, 0) is 23.8 Å². The van der Waals surface area contributed by atoms with Crippen molar-refractivity contribution in [3.05, 3.63) is 0 Å². The second-order valence-corrected chi connectivity index (χ2v) is 11.2. The molecule has 0 radical (unpaired) electrons. The van der Waals surface area contributed by atoms with Crippen molar-refractivity contribution >= 4 is 11.9 Å². The zero-order chi connectivity index (χ0) is 22.2. The molecule has 0 spiro atoms. The van der Waals surface area contributed by atoms with Gasteiger partial charge in [-0.2, -0.15) is 0 Å². The lowest BCUT2D eigenvalue weighted by atomic mass is 9.44. The summed E-state index contributed by atoms with van der Waals surface area (Å²) in [5.41, 5.74) is -1.24. The maximum atomic E-state index is 13.0. The molecule has 4 rings (SSSR count). The van der Waals surface area contributed by atoms with Crippen molar-refractivity contribution in [2.45, 2.75) is 92.1 Å². The highest BCUT2D eigenvalue weighted by Gasteiger charge is 2.65. The van der Waals surface area contributed by atoms with E-state index in [-0.39, 0.29) is 30.4 Å². The number of carbonyl (C=O) groups is 2. The number of hydrogen-bond acceptors (Lipinski definition) is 5. The molecule has 5 nitrogen and oxygen atoms in total. The van der Waals surface area contributed by atoms with Crippen LogP contribution in [0.25, 0.3) is 0 Å². The van der Waals surface area contributed by atoms with Crippen LogP contribution in [0.3, 0.4) is 0 Å². The molecule has 4 fully saturated rings. The van der Waals surface area contributed by atoms with Crippen LogP contribution in [0.5, 0.6) is 0 Å². The molecule has 0 aromatic rings. The van der Waals surface area contributed by atoms with Crippen LogP contribution in [0.2, 0.25) is 0 Å². The Morgan fingerprint density at radius 2 is 1.50 bits per heavy atom. The summed E-state index contributed by atoms with van der Waals surface area (Å²) in [6.45, 7) is 13.5. The summed E-state index contributed by atoms with van der Waals surface area (Å²) < 4.78 is 17.7. The van der Waals surface area contributed by atoms with Gasteiger partial charge in [-0.3, -0.25) is 9.59 Å². The molecule has 4 saturated carbocycles. The first-order valence-electron chi connectivity index (χ1n) is 12.0. The fourth-order valence-electron chi connectivity index (χ4n) is 6.57. The third kappa shape index (κ3) is 4.28. The molecule has 0 aromatic heterocycles. The number of ether oxygens (including phenoxy) is 3. The van der Waals surface area contributed by atoms with Gasteiger partial charge in [0.05, 0.1) is 18.4 Å². The van der Waals surface area contributed by atoms with Crippen LogP contribution >= 0.6 is 0 Å². The lowest BCUT2D eigenvalue weighted by Crippen LogP contribution is -2.67. The normalized spacial score (nSPS) is 32.9. The third-order valence-corrected chi connectivity index (χ3v) is 8.33. The Morgan fingerprint density at radius 1 is 0.933 bits per heavy atom. The van der Waals surface area contributed by atoms with Crippen molar-refractivity contribution in [3.63, 3.8) is 0 Å². The number of esters is 2. The van der Waals surface area contributed by atoms with E-state index in [0.717, 1.165) is 37.5 Å². The van der Waals surface area contributed by atoms with Crippen molar-refractivity contribution in [2.75, 3.05) is 19.8 Å². The lowest BCUT2D eigenvalue weighted by molar-refractivity contribution is -0.256.